The highest BCUT2D eigenvalue weighted by Gasteiger charge is 2.05. The normalized spacial score (nSPS) is 9.78. The monoisotopic (exact) mass is 242 g/mol. The quantitative estimate of drug-likeness (QED) is 0.507. The Balaban J connectivity index is 2.23. The van der Waals surface area contributed by atoms with E-state index in [9.17, 15) is 14.9 Å². The molecule has 0 radical (unpaired) electrons. The Kier molecular flexibility index (Phi) is 3.33. The van der Waals surface area contributed by atoms with Crippen LogP contribution in [0.3, 0.4) is 0 Å². The molecule has 90 valence electrons. The third kappa shape index (κ3) is 2.52. The molecule has 0 amide bonds. The summed E-state index contributed by atoms with van der Waals surface area (Å²) in [4.78, 5) is 20.9. The molecule has 0 aliphatic carbocycles. The Morgan fingerprint density at radius 2 is 1.72 bits per heavy atom. The number of anilines is 2. The van der Waals surface area contributed by atoms with Crippen LogP contribution in [0.15, 0.2) is 48.5 Å². The van der Waals surface area contributed by atoms with Crippen LogP contribution in [0.25, 0.3) is 0 Å². The molecule has 2 aromatic rings. The number of rotatable bonds is 4. The van der Waals surface area contributed by atoms with Gasteiger partial charge in [-0.3, -0.25) is 14.9 Å². The summed E-state index contributed by atoms with van der Waals surface area (Å²) in [6.07, 6.45) is 0.758. The molecule has 0 saturated heterocycles. The molecule has 0 heterocycles. The van der Waals surface area contributed by atoms with Gasteiger partial charge in [-0.15, -0.1) is 0 Å². The maximum atomic E-state index is 10.8. The van der Waals surface area contributed by atoms with E-state index < -0.39 is 4.92 Å². The number of hydrogen-bond acceptors (Lipinski definition) is 4. The van der Waals surface area contributed by atoms with Crippen LogP contribution in [-0.2, 0) is 0 Å². The van der Waals surface area contributed by atoms with Crippen molar-refractivity contribution in [1.29, 1.82) is 0 Å². The largest absolute Gasteiger partial charge is 0.355 e. The zero-order chi connectivity index (χ0) is 13.0. The molecule has 5 nitrogen and oxygen atoms in total. The van der Waals surface area contributed by atoms with Gasteiger partial charge in [0.25, 0.3) is 5.69 Å². The summed E-state index contributed by atoms with van der Waals surface area (Å²) >= 11 is 0. The number of nitrogens with zero attached hydrogens (tertiary/aromatic N) is 1. The summed E-state index contributed by atoms with van der Waals surface area (Å²) in [6.45, 7) is 0. The fraction of sp³-hybridized carbons (Fsp3) is 0. The molecule has 5 heteroatoms. The minimum absolute atomic E-state index is 0.0317. The molecular formula is C13H10N2O3. The van der Waals surface area contributed by atoms with E-state index in [2.05, 4.69) is 5.32 Å². The predicted octanol–water partition coefficient (Wildman–Crippen LogP) is 3.15. The van der Waals surface area contributed by atoms with Crippen molar-refractivity contribution in [2.75, 3.05) is 5.32 Å². The Bertz CT molecular complexity index is 579. The van der Waals surface area contributed by atoms with Gasteiger partial charge in [-0.2, -0.15) is 0 Å². The smallest absolute Gasteiger partial charge is 0.269 e. The molecule has 0 bridgehead atoms. The van der Waals surface area contributed by atoms with Gasteiger partial charge in [0.05, 0.1) is 4.92 Å². The number of nitro benzene ring substituents is 1. The fourth-order valence-corrected chi connectivity index (χ4v) is 1.54. The molecule has 0 aliphatic heterocycles. The van der Waals surface area contributed by atoms with Crippen molar-refractivity contribution in [3.63, 3.8) is 0 Å². The first kappa shape index (κ1) is 11.8. The highest BCUT2D eigenvalue weighted by molar-refractivity contribution is 5.85. The molecular weight excluding hydrogens is 232 g/mol. The molecule has 18 heavy (non-hydrogen) atoms. The van der Waals surface area contributed by atoms with Crippen molar-refractivity contribution in [1.82, 2.24) is 0 Å². The van der Waals surface area contributed by atoms with E-state index in [-0.39, 0.29) is 5.69 Å². The summed E-state index contributed by atoms with van der Waals surface area (Å²) in [5, 5.41) is 13.5. The first-order valence-electron chi connectivity index (χ1n) is 5.26. The van der Waals surface area contributed by atoms with E-state index in [0.29, 0.717) is 16.9 Å². The Morgan fingerprint density at radius 3 is 2.33 bits per heavy atom. The Morgan fingerprint density at radius 1 is 1.06 bits per heavy atom. The topological polar surface area (TPSA) is 72.2 Å². The molecule has 0 unspecified atom stereocenters. The van der Waals surface area contributed by atoms with Crippen molar-refractivity contribution < 1.29 is 9.72 Å². The summed E-state index contributed by atoms with van der Waals surface area (Å²) in [5.74, 6) is 0. The van der Waals surface area contributed by atoms with Crippen molar-refractivity contribution in [2.45, 2.75) is 0 Å². The maximum absolute atomic E-state index is 10.8. The van der Waals surface area contributed by atoms with E-state index in [1.54, 1.807) is 36.4 Å². The van der Waals surface area contributed by atoms with Crippen LogP contribution in [0.4, 0.5) is 17.1 Å². The Labute approximate surface area is 103 Å². The summed E-state index contributed by atoms with van der Waals surface area (Å²) in [6, 6.07) is 13.1. The molecule has 0 atom stereocenters. The number of para-hydroxylation sites is 1. The van der Waals surface area contributed by atoms with Crippen LogP contribution >= 0.6 is 0 Å². The second-order valence-electron chi connectivity index (χ2n) is 3.63. The number of hydrogen-bond donors (Lipinski definition) is 1. The number of benzene rings is 2. The van der Waals surface area contributed by atoms with E-state index in [4.69, 9.17) is 0 Å². The van der Waals surface area contributed by atoms with E-state index in [1.165, 1.54) is 12.1 Å². The van der Waals surface area contributed by atoms with Crippen molar-refractivity contribution in [3.8, 4) is 0 Å². The van der Waals surface area contributed by atoms with Gasteiger partial charge in [0.1, 0.15) is 0 Å². The van der Waals surface area contributed by atoms with Gasteiger partial charge in [0.2, 0.25) is 0 Å². The third-order valence-electron chi connectivity index (χ3n) is 2.44. The average Bonchev–Trinajstić information content (AvgIpc) is 2.40. The second-order valence-corrected chi connectivity index (χ2v) is 3.63. The van der Waals surface area contributed by atoms with Crippen molar-refractivity contribution in [3.05, 3.63) is 64.2 Å². The highest BCUT2D eigenvalue weighted by Crippen LogP contribution is 2.21. The van der Waals surface area contributed by atoms with E-state index >= 15 is 0 Å². The van der Waals surface area contributed by atoms with Crippen molar-refractivity contribution in [2.24, 2.45) is 0 Å². The van der Waals surface area contributed by atoms with Crippen LogP contribution in [-0.4, -0.2) is 11.2 Å². The lowest BCUT2D eigenvalue weighted by molar-refractivity contribution is -0.384. The lowest BCUT2D eigenvalue weighted by atomic mass is 10.2. The van der Waals surface area contributed by atoms with Crippen LogP contribution in [0.5, 0.6) is 0 Å². The fourth-order valence-electron chi connectivity index (χ4n) is 1.54. The van der Waals surface area contributed by atoms with Gasteiger partial charge < -0.3 is 5.32 Å². The number of aldehydes is 1. The molecule has 0 saturated carbocycles. The van der Waals surface area contributed by atoms with Gasteiger partial charge in [-0.25, -0.2) is 0 Å². The van der Waals surface area contributed by atoms with Gasteiger partial charge in [-0.1, -0.05) is 12.1 Å². The van der Waals surface area contributed by atoms with Gasteiger partial charge >= 0.3 is 0 Å². The zero-order valence-electron chi connectivity index (χ0n) is 9.37. The number of carbonyl (C=O) groups is 1. The lowest BCUT2D eigenvalue weighted by Crippen LogP contribution is -1.95. The Hall–Kier alpha value is -2.69. The van der Waals surface area contributed by atoms with Crippen LogP contribution in [0.2, 0.25) is 0 Å². The molecule has 1 N–H and O–H groups in total. The number of nitrogens with one attached hydrogen (secondary N) is 1. The zero-order valence-corrected chi connectivity index (χ0v) is 9.37. The highest BCUT2D eigenvalue weighted by atomic mass is 16.6. The minimum atomic E-state index is -0.455. The first-order chi connectivity index (χ1) is 8.70. The standard InChI is InChI=1S/C13H10N2O3/c16-9-10-3-1-2-4-13(10)14-11-5-7-12(8-6-11)15(17)18/h1-9,14H. The van der Waals surface area contributed by atoms with Crippen LogP contribution < -0.4 is 5.32 Å². The van der Waals surface area contributed by atoms with E-state index in [0.717, 1.165) is 6.29 Å². The number of non-ortho nitro benzene ring substituents is 1. The number of nitro groups is 1. The summed E-state index contributed by atoms with van der Waals surface area (Å²) in [7, 11) is 0. The summed E-state index contributed by atoms with van der Waals surface area (Å²) in [5.41, 5.74) is 1.93. The molecule has 2 aromatic carbocycles. The molecule has 0 aliphatic rings. The molecule has 0 fully saturated rings. The molecule has 0 aromatic heterocycles. The maximum Gasteiger partial charge on any atom is 0.269 e. The summed E-state index contributed by atoms with van der Waals surface area (Å²) < 4.78 is 0. The average molecular weight is 242 g/mol. The number of carbonyl (C=O) groups excluding carboxylic acids is 1. The van der Waals surface area contributed by atoms with Gasteiger partial charge in [0, 0.05) is 29.1 Å². The van der Waals surface area contributed by atoms with Crippen LogP contribution in [0.1, 0.15) is 10.4 Å². The van der Waals surface area contributed by atoms with Crippen molar-refractivity contribution >= 4 is 23.3 Å². The van der Waals surface area contributed by atoms with E-state index in [1.807, 2.05) is 0 Å². The van der Waals surface area contributed by atoms with Crippen LogP contribution in [0, 0.1) is 10.1 Å². The first-order valence-corrected chi connectivity index (χ1v) is 5.26. The predicted molar refractivity (Wildman–Crippen MR) is 68.2 cm³/mol. The minimum Gasteiger partial charge on any atom is -0.355 e. The SMILES string of the molecule is O=Cc1ccccc1Nc1ccc([N+](=O)[O-])cc1. The lowest BCUT2D eigenvalue weighted by Gasteiger charge is -2.08. The molecule has 0 spiro atoms. The van der Waals surface area contributed by atoms with Gasteiger partial charge in [-0.05, 0) is 24.3 Å². The molecule has 2 rings (SSSR count). The second kappa shape index (κ2) is 5.09. The third-order valence-corrected chi connectivity index (χ3v) is 2.44. The van der Waals surface area contributed by atoms with Gasteiger partial charge in [0.15, 0.2) is 6.29 Å².